The molecule has 0 aliphatic carbocycles. The van der Waals surface area contributed by atoms with Crippen LogP contribution in [0.5, 0.6) is 11.5 Å². The molecule has 0 amide bonds. The van der Waals surface area contributed by atoms with Crippen molar-refractivity contribution in [2.24, 2.45) is 0 Å². The van der Waals surface area contributed by atoms with E-state index in [0.717, 1.165) is 38.8 Å². The van der Waals surface area contributed by atoms with Crippen LogP contribution in [0.1, 0.15) is 50.7 Å². The normalized spacial score (nSPS) is 11.4. The van der Waals surface area contributed by atoms with Crippen molar-refractivity contribution in [1.82, 2.24) is 14.5 Å². The molecule has 2 N–H and O–H groups in total. The van der Waals surface area contributed by atoms with Gasteiger partial charge in [-0.25, -0.2) is 9.97 Å². The van der Waals surface area contributed by atoms with E-state index in [1.54, 1.807) is 12.1 Å². The number of aromatic nitrogens is 3. The van der Waals surface area contributed by atoms with Crippen molar-refractivity contribution in [2.75, 3.05) is 0 Å². The molecule has 0 unspecified atom stereocenters. The molecule has 0 saturated heterocycles. The van der Waals surface area contributed by atoms with Crippen molar-refractivity contribution in [3.05, 3.63) is 126 Å². The van der Waals surface area contributed by atoms with Crippen LogP contribution in [0.2, 0.25) is 0 Å². The van der Waals surface area contributed by atoms with Crippen LogP contribution in [0.4, 0.5) is 0 Å². The van der Waals surface area contributed by atoms with Gasteiger partial charge >= 0.3 is 0 Å². The summed E-state index contributed by atoms with van der Waals surface area (Å²) in [5.41, 5.74) is 8.93. The first-order valence-corrected chi connectivity index (χ1v) is 15.4. The Kier molecular flexibility index (Phi) is 8.55. The molecule has 6 heteroatoms. The number of aromatic hydroxyl groups is 2. The Bertz CT molecular complexity index is 2190. The molecule has 5 nitrogen and oxygen atoms in total. The average Bonchev–Trinajstić information content (AvgIpc) is 3.43. The molecule has 0 bridgehead atoms. The Morgan fingerprint density at radius 2 is 1.15 bits per heavy atom. The molecule has 0 aliphatic heterocycles. The predicted molar refractivity (Wildman–Crippen MR) is 184 cm³/mol. The monoisotopic (exact) mass is 784 g/mol. The van der Waals surface area contributed by atoms with Crippen molar-refractivity contribution < 1.29 is 31.3 Å². The van der Waals surface area contributed by atoms with Crippen molar-refractivity contribution >= 4 is 21.8 Å². The Morgan fingerprint density at radius 3 is 1.80 bits per heavy atom. The minimum Gasteiger partial charge on any atom is -0.507 e. The second-order valence-electron chi connectivity index (χ2n) is 12.2. The maximum atomic E-state index is 11.1. The number of pyridine rings is 1. The minimum atomic E-state index is 0. The molecule has 2 aromatic heterocycles. The van der Waals surface area contributed by atoms with E-state index in [-0.39, 0.29) is 44.4 Å². The summed E-state index contributed by atoms with van der Waals surface area (Å²) in [4.78, 5) is 10.5. The van der Waals surface area contributed by atoms with Crippen molar-refractivity contribution in [2.45, 2.75) is 39.5 Å². The number of rotatable bonds is 6. The zero-order chi connectivity index (χ0) is 31.2. The first-order valence-electron chi connectivity index (χ1n) is 15.4. The van der Waals surface area contributed by atoms with Gasteiger partial charge in [0.25, 0.3) is 0 Å². The molecule has 0 fully saturated rings. The maximum Gasteiger partial charge on any atom is 0.149 e. The smallest absolute Gasteiger partial charge is 0.149 e. The first-order chi connectivity index (χ1) is 21.8. The van der Waals surface area contributed by atoms with E-state index < -0.39 is 0 Å². The third-order valence-corrected chi connectivity index (χ3v) is 8.57. The number of hydrogen-bond acceptors (Lipinski definition) is 4. The van der Waals surface area contributed by atoms with Crippen LogP contribution < -0.4 is 0 Å². The number of phenolic OH excluding ortho intramolecular Hbond substituents is 2. The zero-order valence-corrected chi connectivity index (χ0v) is 28.4. The van der Waals surface area contributed by atoms with Crippen molar-refractivity contribution in [1.29, 1.82) is 0 Å². The molecule has 46 heavy (non-hydrogen) atoms. The standard InChI is InChI=1S/C40H35N3O2.Pt/c1-24(2)27-17-11-18-28(25(3)4)39(27)43-34-20-12-19-32(38(34)42-40(43)31-16-8-10-22-36(31)45)37-29-14-6-5-13-26(29)23-33(41-37)30-15-7-9-21-35(30)44;/h5-25,44-45H,1-4H3;. The van der Waals surface area contributed by atoms with Gasteiger partial charge in [0.2, 0.25) is 0 Å². The van der Waals surface area contributed by atoms with Crippen LogP contribution in [0.25, 0.3) is 61.4 Å². The van der Waals surface area contributed by atoms with Crippen molar-refractivity contribution in [3.8, 4) is 51.1 Å². The van der Waals surface area contributed by atoms with E-state index in [4.69, 9.17) is 9.97 Å². The fourth-order valence-corrected chi connectivity index (χ4v) is 6.36. The van der Waals surface area contributed by atoms with E-state index in [1.165, 1.54) is 11.1 Å². The van der Waals surface area contributed by atoms with E-state index in [1.807, 2.05) is 54.6 Å². The number of phenols is 2. The molecular weight excluding hydrogens is 750 g/mol. The summed E-state index contributed by atoms with van der Waals surface area (Å²) in [5.74, 6) is 1.55. The molecule has 2 heterocycles. The maximum absolute atomic E-state index is 11.1. The van der Waals surface area contributed by atoms with Gasteiger partial charge in [-0.05, 0) is 64.7 Å². The SMILES string of the molecule is CC(C)c1cccc(C(C)C)c1-n1c(-c2ccccc2O)nc2c(-c3nc(-c4ccccc4O)cc4ccccc34)cccc21.[Pt]. The topological polar surface area (TPSA) is 71.2 Å². The summed E-state index contributed by atoms with van der Waals surface area (Å²) in [7, 11) is 0. The van der Waals surface area contributed by atoms with E-state index >= 15 is 0 Å². The Labute approximate surface area is 283 Å². The van der Waals surface area contributed by atoms with Crippen molar-refractivity contribution in [3.63, 3.8) is 0 Å². The molecular formula is C40H35N3O2Pt. The Balaban J connectivity index is 0.00000372. The van der Waals surface area contributed by atoms with Crippen LogP contribution in [0, 0.1) is 0 Å². The van der Waals surface area contributed by atoms with Gasteiger partial charge in [0, 0.05) is 37.6 Å². The third-order valence-electron chi connectivity index (χ3n) is 8.57. The minimum absolute atomic E-state index is 0. The van der Waals surface area contributed by atoms with Gasteiger partial charge in [-0.2, -0.15) is 0 Å². The van der Waals surface area contributed by atoms with Gasteiger partial charge in [-0.1, -0.05) is 107 Å². The summed E-state index contributed by atoms with van der Waals surface area (Å²) in [6, 6.07) is 37.7. The average molecular weight is 785 g/mol. The largest absolute Gasteiger partial charge is 0.507 e. The zero-order valence-electron chi connectivity index (χ0n) is 26.2. The molecule has 232 valence electrons. The summed E-state index contributed by atoms with van der Waals surface area (Å²) in [6.45, 7) is 8.86. The quantitative estimate of drug-likeness (QED) is 0.176. The molecule has 0 saturated carbocycles. The number of hydrogen-bond donors (Lipinski definition) is 2. The molecule has 7 aromatic rings. The van der Waals surface area contributed by atoms with Crippen LogP contribution in [0.3, 0.4) is 0 Å². The number of imidazole rings is 1. The van der Waals surface area contributed by atoms with Crippen LogP contribution in [-0.2, 0) is 21.1 Å². The number of benzene rings is 5. The second-order valence-corrected chi connectivity index (χ2v) is 12.2. The van der Waals surface area contributed by atoms with E-state index in [2.05, 4.69) is 80.8 Å². The first kappa shape index (κ1) is 31.3. The van der Waals surface area contributed by atoms with Gasteiger partial charge in [-0.3, -0.25) is 4.57 Å². The van der Waals surface area contributed by atoms with Crippen LogP contribution in [-0.4, -0.2) is 24.7 Å². The van der Waals surface area contributed by atoms with Gasteiger partial charge in [0.15, 0.2) is 0 Å². The van der Waals surface area contributed by atoms with Crippen LogP contribution in [0.15, 0.2) is 115 Å². The predicted octanol–water partition coefficient (Wildman–Crippen LogP) is 10.2. The van der Waals surface area contributed by atoms with Gasteiger partial charge < -0.3 is 10.2 Å². The number of nitrogens with zero attached hydrogens (tertiary/aromatic N) is 3. The second kappa shape index (κ2) is 12.6. The summed E-state index contributed by atoms with van der Waals surface area (Å²) in [5, 5.41) is 23.9. The molecule has 0 spiro atoms. The van der Waals surface area contributed by atoms with Gasteiger partial charge in [-0.15, -0.1) is 0 Å². The summed E-state index contributed by atoms with van der Waals surface area (Å²) in [6.07, 6.45) is 0. The van der Waals surface area contributed by atoms with E-state index in [9.17, 15) is 10.2 Å². The van der Waals surface area contributed by atoms with E-state index in [0.29, 0.717) is 22.6 Å². The fourth-order valence-electron chi connectivity index (χ4n) is 6.36. The Morgan fingerprint density at radius 1 is 0.587 bits per heavy atom. The fraction of sp³-hybridized carbons (Fsp3) is 0.150. The molecule has 5 aromatic carbocycles. The Hall–Kier alpha value is -4.73. The van der Waals surface area contributed by atoms with Crippen LogP contribution >= 0.6 is 0 Å². The molecule has 0 radical (unpaired) electrons. The van der Waals surface area contributed by atoms with Gasteiger partial charge in [0.1, 0.15) is 17.3 Å². The summed E-state index contributed by atoms with van der Waals surface area (Å²) >= 11 is 0. The number of fused-ring (bicyclic) bond motifs is 2. The number of para-hydroxylation sites is 4. The van der Waals surface area contributed by atoms with Gasteiger partial charge in [0.05, 0.1) is 33.7 Å². The molecule has 0 atom stereocenters. The molecule has 0 aliphatic rings. The third kappa shape index (κ3) is 5.29. The summed E-state index contributed by atoms with van der Waals surface area (Å²) < 4.78 is 2.23. The molecule has 7 rings (SSSR count).